The number of aryl methyl sites for hydroxylation is 1. The highest BCUT2D eigenvalue weighted by atomic mass is 79.9. The fourth-order valence-electron chi connectivity index (χ4n) is 3.58. The third-order valence-electron chi connectivity index (χ3n) is 4.60. The lowest BCUT2D eigenvalue weighted by atomic mass is 10.0. The minimum atomic E-state index is 0.617. The summed E-state index contributed by atoms with van der Waals surface area (Å²) in [7, 11) is 2.29. The van der Waals surface area contributed by atoms with E-state index in [1.165, 1.54) is 55.2 Å². The molecule has 0 aromatic heterocycles. The number of fused-ring (bicyclic) bond motifs is 1. The van der Waals surface area contributed by atoms with E-state index >= 15 is 0 Å². The molecule has 1 heterocycles. The molecule has 2 atom stereocenters. The van der Waals surface area contributed by atoms with Gasteiger partial charge in [0.1, 0.15) is 0 Å². The monoisotopic (exact) mass is 322 g/mol. The SMILES string of the molecule is CN(CC1CCCCN1)C1CCc2cc(Br)ccc21. The predicted octanol–water partition coefficient (Wildman–Crippen LogP) is 3.51. The largest absolute Gasteiger partial charge is 0.313 e. The number of halogens is 1. The predicted molar refractivity (Wildman–Crippen MR) is 83.5 cm³/mol. The third-order valence-corrected chi connectivity index (χ3v) is 5.10. The Morgan fingerprint density at radius 3 is 3.00 bits per heavy atom. The highest BCUT2D eigenvalue weighted by molar-refractivity contribution is 9.10. The Bertz CT molecular complexity index is 440. The van der Waals surface area contributed by atoms with Crippen LogP contribution in [-0.2, 0) is 6.42 Å². The summed E-state index contributed by atoms with van der Waals surface area (Å²) in [6.07, 6.45) is 6.57. The number of hydrogen-bond donors (Lipinski definition) is 1. The molecule has 3 heteroatoms. The van der Waals surface area contributed by atoms with Gasteiger partial charge in [0, 0.05) is 23.1 Å². The summed E-state index contributed by atoms with van der Waals surface area (Å²) in [5.41, 5.74) is 3.07. The zero-order valence-electron chi connectivity index (χ0n) is 11.7. The van der Waals surface area contributed by atoms with Gasteiger partial charge in [-0.15, -0.1) is 0 Å². The van der Waals surface area contributed by atoms with Crippen molar-refractivity contribution in [1.82, 2.24) is 10.2 Å². The van der Waals surface area contributed by atoms with Gasteiger partial charge >= 0.3 is 0 Å². The van der Waals surface area contributed by atoms with Crippen molar-refractivity contribution >= 4 is 15.9 Å². The van der Waals surface area contributed by atoms with Crippen molar-refractivity contribution in [2.75, 3.05) is 20.1 Å². The average molecular weight is 323 g/mol. The molecule has 1 aromatic carbocycles. The summed E-state index contributed by atoms with van der Waals surface area (Å²) < 4.78 is 1.21. The topological polar surface area (TPSA) is 15.3 Å². The molecule has 1 aliphatic carbocycles. The van der Waals surface area contributed by atoms with Gasteiger partial charge in [0.05, 0.1) is 0 Å². The van der Waals surface area contributed by atoms with Crippen LogP contribution in [0, 0.1) is 0 Å². The molecule has 0 spiro atoms. The first-order chi connectivity index (χ1) is 9.24. The van der Waals surface area contributed by atoms with Crippen LogP contribution in [0.4, 0.5) is 0 Å². The Morgan fingerprint density at radius 1 is 1.32 bits per heavy atom. The Labute approximate surface area is 124 Å². The molecular formula is C16H23BrN2. The van der Waals surface area contributed by atoms with Crippen molar-refractivity contribution in [2.45, 2.75) is 44.2 Å². The maximum Gasteiger partial charge on any atom is 0.0351 e. The molecule has 3 rings (SSSR count). The van der Waals surface area contributed by atoms with E-state index in [2.05, 4.69) is 51.4 Å². The molecule has 2 aliphatic rings. The first-order valence-corrected chi connectivity index (χ1v) is 8.25. The van der Waals surface area contributed by atoms with Crippen LogP contribution < -0.4 is 5.32 Å². The van der Waals surface area contributed by atoms with E-state index in [0.717, 1.165) is 0 Å². The van der Waals surface area contributed by atoms with Gasteiger partial charge in [-0.1, -0.05) is 28.4 Å². The zero-order valence-corrected chi connectivity index (χ0v) is 13.2. The van der Waals surface area contributed by atoms with Crippen molar-refractivity contribution in [3.63, 3.8) is 0 Å². The van der Waals surface area contributed by atoms with Crippen LogP contribution in [-0.4, -0.2) is 31.1 Å². The van der Waals surface area contributed by atoms with Gasteiger partial charge in [-0.25, -0.2) is 0 Å². The van der Waals surface area contributed by atoms with Crippen LogP contribution in [0.1, 0.15) is 42.9 Å². The molecule has 2 nitrogen and oxygen atoms in total. The minimum Gasteiger partial charge on any atom is -0.313 e. The highest BCUT2D eigenvalue weighted by Gasteiger charge is 2.27. The lowest BCUT2D eigenvalue weighted by Gasteiger charge is -2.32. The summed E-state index contributed by atoms with van der Waals surface area (Å²) in [5.74, 6) is 0. The van der Waals surface area contributed by atoms with E-state index in [-0.39, 0.29) is 0 Å². The zero-order chi connectivity index (χ0) is 13.2. The molecule has 2 unspecified atom stereocenters. The Morgan fingerprint density at radius 2 is 2.21 bits per heavy atom. The second-order valence-corrected chi connectivity index (χ2v) is 6.90. The van der Waals surface area contributed by atoms with Gasteiger partial charge in [0.15, 0.2) is 0 Å². The molecule has 0 radical (unpaired) electrons. The van der Waals surface area contributed by atoms with Crippen LogP contribution in [0.5, 0.6) is 0 Å². The Balaban J connectivity index is 1.67. The van der Waals surface area contributed by atoms with Crippen molar-refractivity contribution in [3.8, 4) is 0 Å². The van der Waals surface area contributed by atoms with E-state index in [0.29, 0.717) is 12.1 Å². The van der Waals surface area contributed by atoms with Crippen LogP contribution in [0.15, 0.2) is 22.7 Å². The molecule has 1 fully saturated rings. The maximum atomic E-state index is 3.66. The molecule has 104 valence electrons. The third kappa shape index (κ3) is 3.04. The summed E-state index contributed by atoms with van der Waals surface area (Å²) in [4.78, 5) is 2.56. The van der Waals surface area contributed by atoms with E-state index in [1.54, 1.807) is 5.56 Å². The molecule has 19 heavy (non-hydrogen) atoms. The minimum absolute atomic E-state index is 0.617. The number of hydrogen-bond acceptors (Lipinski definition) is 2. The van der Waals surface area contributed by atoms with Gasteiger partial charge in [-0.3, -0.25) is 4.90 Å². The molecule has 1 saturated heterocycles. The van der Waals surface area contributed by atoms with Gasteiger partial charge in [-0.05, 0) is 62.5 Å². The quantitative estimate of drug-likeness (QED) is 0.916. The van der Waals surface area contributed by atoms with E-state index in [4.69, 9.17) is 0 Å². The molecule has 0 amide bonds. The first kappa shape index (κ1) is 13.6. The first-order valence-electron chi connectivity index (χ1n) is 7.46. The van der Waals surface area contributed by atoms with Crippen molar-refractivity contribution in [2.24, 2.45) is 0 Å². The van der Waals surface area contributed by atoms with Crippen molar-refractivity contribution in [3.05, 3.63) is 33.8 Å². The Hall–Kier alpha value is -0.380. The van der Waals surface area contributed by atoms with Crippen LogP contribution in [0.2, 0.25) is 0 Å². The Kier molecular flexibility index (Phi) is 4.25. The second-order valence-electron chi connectivity index (χ2n) is 5.98. The lowest BCUT2D eigenvalue weighted by molar-refractivity contribution is 0.203. The van der Waals surface area contributed by atoms with Gasteiger partial charge in [0.2, 0.25) is 0 Å². The molecule has 0 saturated carbocycles. The van der Waals surface area contributed by atoms with Gasteiger partial charge in [0.25, 0.3) is 0 Å². The molecule has 1 N–H and O–H groups in total. The molecular weight excluding hydrogens is 300 g/mol. The van der Waals surface area contributed by atoms with E-state index in [1.807, 2.05) is 0 Å². The number of rotatable bonds is 3. The fourth-order valence-corrected chi connectivity index (χ4v) is 3.98. The number of piperidine rings is 1. The second kappa shape index (κ2) is 5.94. The van der Waals surface area contributed by atoms with Crippen molar-refractivity contribution < 1.29 is 0 Å². The van der Waals surface area contributed by atoms with Gasteiger partial charge < -0.3 is 5.32 Å². The van der Waals surface area contributed by atoms with Crippen molar-refractivity contribution in [1.29, 1.82) is 0 Å². The summed E-state index contributed by atoms with van der Waals surface area (Å²) in [6, 6.07) is 8.10. The van der Waals surface area contributed by atoms with E-state index in [9.17, 15) is 0 Å². The van der Waals surface area contributed by atoms with Crippen LogP contribution in [0.25, 0.3) is 0 Å². The number of nitrogens with zero attached hydrogens (tertiary/aromatic N) is 1. The maximum absolute atomic E-state index is 3.66. The number of likely N-dealkylation sites (N-methyl/N-ethyl adjacent to an activating group) is 1. The van der Waals surface area contributed by atoms with E-state index < -0.39 is 0 Å². The number of benzene rings is 1. The average Bonchev–Trinajstić information content (AvgIpc) is 2.82. The molecule has 1 aliphatic heterocycles. The molecule has 0 bridgehead atoms. The highest BCUT2D eigenvalue weighted by Crippen LogP contribution is 2.36. The summed E-state index contributed by atoms with van der Waals surface area (Å²) in [5, 5.41) is 3.66. The van der Waals surface area contributed by atoms with Crippen LogP contribution >= 0.6 is 15.9 Å². The standard InChI is InChI=1S/C16H23BrN2/c1-19(11-14-4-2-3-9-18-14)16-8-5-12-10-13(17)6-7-15(12)16/h6-7,10,14,16,18H,2-5,8-9,11H2,1H3. The summed E-state index contributed by atoms with van der Waals surface area (Å²) in [6.45, 7) is 2.38. The fraction of sp³-hybridized carbons (Fsp3) is 0.625. The lowest BCUT2D eigenvalue weighted by Crippen LogP contribution is -2.43. The smallest absolute Gasteiger partial charge is 0.0351 e. The molecule has 1 aromatic rings. The normalized spacial score (nSPS) is 26.7. The summed E-state index contributed by atoms with van der Waals surface area (Å²) >= 11 is 3.58. The number of nitrogens with one attached hydrogen (secondary N) is 1. The van der Waals surface area contributed by atoms with Crippen LogP contribution in [0.3, 0.4) is 0 Å². The van der Waals surface area contributed by atoms with Gasteiger partial charge in [-0.2, -0.15) is 0 Å².